The van der Waals surface area contributed by atoms with Crippen molar-refractivity contribution in [2.75, 3.05) is 31.5 Å². The van der Waals surface area contributed by atoms with E-state index in [1.54, 1.807) is 18.5 Å². The number of carbonyl (C=O) groups is 2. The Bertz CT molecular complexity index is 984. The molecule has 5 heterocycles. The van der Waals surface area contributed by atoms with Crippen LogP contribution in [0.3, 0.4) is 0 Å². The Kier molecular flexibility index (Phi) is 6.40. The average molecular weight is 470 g/mol. The van der Waals surface area contributed by atoms with Gasteiger partial charge in [-0.15, -0.1) is 0 Å². The second-order valence-electron chi connectivity index (χ2n) is 10.2. The van der Waals surface area contributed by atoms with Gasteiger partial charge in [0.1, 0.15) is 12.9 Å². The van der Waals surface area contributed by atoms with Crippen LogP contribution in [0, 0.1) is 11.8 Å². The van der Waals surface area contributed by atoms with Gasteiger partial charge in [-0.1, -0.05) is 19.3 Å². The number of quaternary nitrogens is 1. The Hall–Kier alpha value is -2.78. The summed E-state index contributed by atoms with van der Waals surface area (Å²) in [5.74, 6) is -0.607. The van der Waals surface area contributed by atoms with Gasteiger partial charge in [0, 0.05) is 30.2 Å². The number of rotatable bonds is 7. The third-order valence-electron chi connectivity index (χ3n) is 8.09. The van der Waals surface area contributed by atoms with Gasteiger partial charge in [-0.05, 0) is 18.9 Å². The SMILES string of the molecule is O=C(C[N+]12CCC(CC1)C(OC(=O)[C@](O)(c1ccoc1)C1CCCCC1)C2)Nc1cncnc1. The minimum atomic E-state index is -1.70. The molecule has 2 bridgehead atoms. The third kappa shape index (κ3) is 4.46. The summed E-state index contributed by atoms with van der Waals surface area (Å²) in [5, 5.41) is 14.6. The van der Waals surface area contributed by atoms with Crippen LogP contribution in [0.5, 0.6) is 0 Å². The molecule has 0 aromatic carbocycles. The lowest BCUT2D eigenvalue weighted by Gasteiger charge is -2.52. The summed E-state index contributed by atoms with van der Waals surface area (Å²) in [6, 6.07) is 1.66. The van der Waals surface area contributed by atoms with Crippen LogP contribution in [0.15, 0.2) is 41.7 Å². The maximum Gasteiger partial charge on any atom is 0.343 e. The number of aromatic nitrogens is 2. The smallest absolute Gasteiger partial charge is 0.343 e. The molecule has 182 valence electrons. The van der Waals surface area contributed by atoms with E-state index in [4.69, 9.17) is 9.15 Å². The zero-order valence-electron chi connectivity index (χ0n) is 19.4. The summed E-state index contributed by atoms with van der Waals surface area (Å²) < 4.78 is 11.9. The highest BCUT2D eigenvalue weighted by molar-refractivity contribution is 5.91. The van der Waals surface area contributed by atoms with Crippen LogP contribution in [0.1, 0.15) is 50.5 Å². The van der Waals surface area contributed by atoms with E-state index in [0.29, 0.717) is 28.8 Å². The highest BCUT2D eigenvalue weighted by Gasteiger charge is 2.53. The number of esters is 1. The molecule has 1 unspecified atom stereocenters. The first-order chi connectivity index (χ1) is 16.5. The van der Waals surface area contributed by atoms with E-state index in [1.807, 2.05) is 0 Å². The fourth-order valence-corrected chi connectivity index (χ4v) is 6.19. The molecule has 9 heteroatoms. The van der Waals surface area contributed by atoms with E-state index in [1.165, 1.54) is 18.9 Å². The summed E-state index contributed by atoms with van der Waals surface area (Å²) >= 11 is 0. The summed E-state index contributed by atoms with van der Waals surface area (Å²) in [6.45, 7) is 2.66. The van der Waals surface area contributed by atoms with E-state index in [0.717, 1.165) is 58.0 Å². The van der Waals surface area contributed by atoms with Crippen LogP contribution in [-0.2, 0) is 19.9 Å². The van der Waals surface area contributed by atoms with Gasteiger partial charge in [-0.2, -0.15) is 0 Å². The topological polar surface area (TPSA) is 115 Å². The Morgan fingerprint density at radius 2 is 1.88 bits per heavy atom. The first kappa shape index (κ1) is 23.0. The Morgan fingerprint density at radius 3 is 2.56 bits per heavy atom. The Labute approximate surface area is 199 Å². The molecule has 2 N–H and O–H groups in total. The molecule has 1 amide bonds. The van der Waals surface area contributed by atoms with Gasteiger partial charge < -0.3 is 24.1 Å². The number of piperidine rings is 3. The number of nitrogens with one attached hydrogen (secondary N) is 1. The Morgan fingerprint density at radius 1 is 1.15 bits per heavy atom. The first-order valence-electron chi connectivity index (χ1n) is 12.3. The van der Waals surface area contributed by atoms with Gasteiger partial charge in [0.15, 0.2) is 18.2 Å². The number of nitrogens with zero attached hydrogens (tertiary/aromatic N) is 3. The predicted molar refractivity (Wildman–Crippen MR) is 122 cm³/mol. The summed E-state index contributed by atoms with van der Waals surface area (Å²) in [5.41, 5.74) is -0.660. The largest absolute Gasteiger partial charge is 0.472 e. The third-order valence-corrected chi connectivity index (χ3v) is 8.09. The predicted octanol–water partition coefficient (Wildman–Crippen LogP) is 2.63. The molecule has 2 aromatic rings. The van der Waals surface area contributed by atoms with Crippen molar-refractivity contribution in [1.29, 1.82) is 0 Å². The summed E-state index contributed by atoms with van der Waals surface area (Å²) in [7, 11) is 0. The maximum absolute atomic E-state index is 13.6. The van der Waals surface area contributed by atoms with E-state index in [-0.39, 0.29) is 23.8 Å². The van der Waals surface area contributed by atoms with Gasteiger partial charge in [-0.3, -0.25) is 4.79 Å². The molecule has 2 aromatic heterocycles. The van der Waals surface area contributed by atoms with Crippen molar-refractivity contribution >= 4 is 17.6 Å². The molecule has 34 heavy (non-hydrogen) atoms. The number of anilines is 1. The highest BCUT2D eigenvalue weighted by Crippen LogP contribution is 2.42. The summed E-state index contributed by atoms with van der Waals surface area (Å²) in [6.07, 6.45) is 13.7. The molecular weight excluding hydrogens is 436 g/mol. The number of furan rings is 1. The van der Waals surface area contributed by atoms with Crippen molar-refractivity contribution in [3.05, 3.63) is 42.9 Å². The van der Waals surface area contributed by atoms with Gasteiger partial charge in [0.05, 0.1) is 43.7 Å². The number of amides is 1. The first-order valence-corrected chi connectivity index (χ1v) is 12.3. The minimum Gasteiger partial charge on any atom is -0.472 e. The molecule has 2 atom stereocenters. The number of aliphatic hydroxyl groups is 1. The van der Waals surface area contributed by atoms with Gasteiger partial charge >= 0.3 is 5.97 Å². The van der Waals surface area contributed by atoms with Crippen molar-refractivity contribution in [3.63, 3.8) is 0 Å². The van der Waals surface area contributed by atoms with Gasteiger partial charge in [-0.25, -0.2) is 14.8 Å². The molecule has 4 fully saturated rings. The highest BCUT2D eigenvalue weighted by atomic mass is 16.6. The summed E-state index contributed by atoms with van der Waals surface area (Å²) in [4.78, 5) is 34.2. The number of carbonyl (C=O) groups excluding carboxylic acids is 2. The number of hydrogen-bond acceptors (Lipinski definition) is 7. The molecule has 1 aliphatic carbocycles. The molecule has 9 nitrogen and oxygen atoms in total. The van der Waals surface area contributed by atoms with Crippen LogP contribution in [-0.4, -0.2) is 63.7 Å². The monoisotopic (exact) mass is 469 g/mol. The van der Waals surface area contributed by atoms with Crippen molar-refractivity contribution in [2.24, 2.45) is 11.8 Å². The zero-order valence-corrected chi connectivity index (χ0v) is 19.4. The molecule has 4 aliphatic rings. The van der Waals surface area contributed by atoms with E-state index in [9.17, 15) is 14.7 Å². The average Bonchev–Trinajstić information content (AvgIpc) is 3.40. The number of ether oxygens (including phenoxy) is 1. The van der Waals surface area contributed by atoms with E-state index in [2.05, 4.69) is 15.3 Å². The molecule has 3 saturated heterocycles. The normalized spacial score (nSPS) is 28.7. The van der Waals surface area contributed by atoms with Crippen molar-refractivity contribution in [1.82, 2.24) is 9.97 Å². The molecule has 3 aliphatic heterocycles. The van der Waals surface area contributed by atoms with Crippen LogP contribution in [0.25, 0.3) is 0 Å². The minimum absolute atomic E-state index is 0.0997. The van der Waals surface area contributed by atoms with Crippen molar-refractivity contribution in [2.45, 2.75) is 56.7 Å². The lowest BCUT2D eigenvalue weighted by atomic mass is 9.74. The lowest BCUT2D eigenvalue weighted by molar-refractivity contribution is -0.939. The van der Waals surface area contributed by atoms with Crippen molar-refractivity contribution < 1.29 is 28.3 Å². The second kappa shape index (κ2) is 9.46. The van der Waals surface area contributed by atoms with Crippen LogP contribution in [0.4, 0.5) is 5.69 Å². The molecule has 0 spiro atoms. The van der Waals surface area contributed by atoms with Gasteiger partial charge in [0.25, 0.3) is 5.91 Å². The number of fused-ring (bicyclic) bond motifs is 3. The molecular formula is C25H33N4O5+. The molecule has 1 saturated carbocycles. The van der Waals surface area contributed by atoms with E-state index < -0.39 is 11.6 Å². The number of hydrogen-bond donors (Lipinski definition) is 2. The lowest BCUT2D eigenvalue weighted by Crippen LogP contribution is -2.66. The second-order valence-corrected chi connectivity index (χ2v) is 10.2. The van der Waals surface area contributed by atoms with Crippen LogP contribution >= 0.6 is 0 Å². The zero-order chi connectivity index (χ0) is 23.6. The van der Waals surface area contributed by atoms with E-state index >= 15 is 0 Å². The fourth-order valence-electron chi connectivity index (χ4n) is 6.19. The van der Waals surface area contributed by atoms with Crippen molar-refractivity contribution in [3.8, 4) is 0 Å². The van der Waals surface area contributed by atoms with Crippen LogP contribution < -0.4 is 5.32 Å². The molecule has 0 radical (unpaired) electrons. The quantitative estimate of drug-likeness (QED) is 0.473. The Balaban J connectivity index is 1.29. The van der Waals surface area contributed by atoms with Gasteiger partial charge in [0.2, 0.25) is 0 Å². The molecule has 6 rings (SSSR count). The fraction of sp³-hybridized carbons (Fsp3) is 0.600. The standard InChI is InChI=1S/C25H32N4O5/c30-23(28-21-12-26-17-27-13-21)15-29-9-6-18(7-10-29)22(14-29)34-24(31)25(32,20-8-11-33-16-20)19-4-2-1-3-5-19/h8,11-13,16-19,22,32H,1-7,9-10,14-15H2/p+1/t18?,22?,25-,29?/m1/s1. The van der Waals surface area contributed by atoms with Crippen LogP contribution in [0.2, 0.25) is 0 Å². The maximum atomic E-state index is 13.6.